The lowest BCUT2D eigenvalue weighted by Crippen LogP contribution is -2.50. The van der Waals surface area contributed by atoms with Crippen LogP contribution in [0.4, 0.5) is 0 Å². The predicted molar refractivity (Wildman–Crippen MR) is 163 cm³/mol. The number of rotatable bonds is 10. The molecule has 5 atom stereocenters. The second kappa shape index (κ2) is 13.9. The van der Waals surface area contributed by atoms with E-state index in [-0.39, 0.29) is 0 Å². The molecule has 1 saturated heterocycles. The van der Waals surface area contributed by atoms with Crippen LogP contribution >= 0.6 is 11.8 Å². The van der Waals surface area contributed by atoms with Crippen LogP contribution in [0.2, 0.25) is 0 Å². The van der Waals surface area contributed by atoms with E-state index < -0.39 is 24.1 Å². The number of hydrogen-bond donors (Lipinski definition) is 4. The topological polar surface area (TPSA) is 123 Å². The first-order valence-corrected chi connectivity index (χ1v) is 15.8. The second-order valence-corrected chi connectivity index (χ2v) is 12.1. The molecule has 1 fully saturated rings. The van der Waals surface area contributed by atoms with Crippen LogP contribution in [0.3, 0.4) is 0 Å². The molecule has 2 aromatic carbocycles. The van der Waals surface area contributed by atoms with Gasteiger partial charge in [-0.3, -0.25) is 4.90 Å². The number of carbonyl (C=O) groups is 2. The number of benzene rings is 2. The van der Waals surface area contributed by atoms with E-state index in [9.17, 15) is 9.59 Å². The highest BCUT2D eigenvalue weighted by atomic mass is 32.2. The number of aryl methyl sites for hydroxylation is 1. The molecule has 4 N–H and O–H groups in total. The minimum atomic E-state index is -2.27. The maximum atomic E-state index is 9.77. The summed E-state index contributed by atoms with van der Waals surface area (Å²) in [6, 6.07) is 16.7. The highest BCUT2D eigenvalue weighted by Crippen LogP contribution is 2.46. The van der Waals surface area contributed by atoms with Crippen molar-refractivity contribution in [2.45, 2.75) is 70.2 Å². The smallest absolute Gasteiger partial charge is 0.335 e. The van der Waals surface area contributed by atoms with Gasteiger partial charge in [0.25, 0.3) is 0 Å². The SMILES string of the molecule is CCCN1C[C@H](CSC)C[C@@H]2c3cccc4c3c(cn4Cc3ccccc3CC)C[C@H]21.O=C(O)C(O)C(O)C(=O)O. The van der Waals surface area contributed by atoms with E-state index in [1.165, 1.54) is 54.7 Å². The zero-order chi connectivity index (χ0) is 29.7. The van der Waals surface area contributed by atoms with Crippen molar-refractivity contribution in [1.82, 2.24) is 9.47 Å². The number of nitrogens with zero attached hydrogens (tertiary/aromatic N) is 2. The standard InChI is InChI=1S/C28H36N2S.C4H6O6/c1-4-13-29-16-20(19-31-3)14-25-24-11-8-12-26-28(24)23(15-27(25)29)18-30(26)17-22-10-7-6-9-21(22)5-2;5-1(3(7)8)2(6)4(9)10/h6-12,18,20,25,27H,4-5,13-17,19H2,1-3H3;1-2,5-6H,(H,7,8)(H,9,10)/t20-,25-,27-;/m1./s1. The summed E-state index contributed by atoms with van der Waals surface area (Å²) < 4.78 is 2.53. The molecular weight excluding hydrogens is 540 g/mol. The molecule has 2 aliphatic rings. The molecule has 0 saturated carbocycles. The lowest BCUT2D eigenvalue weighted by atomic mass is 9.72. The van der Waals surface area contributed by atoms with Crippen molar-refractivity contribution < 1.29 is 30.0 Å². The lowest BCUT2D eigenvalue weighted by molar-refractivity contribution is -0.165. The third kappa shape index (κ3) is 6.80. The number of fused-ring (bicyclic) bond motifs is 2. The van der Waals surface area contributed by atoms with E-state index in [1.54, 1.807) is 16.5 Å². The van der Waals surface area contributed by atoms with Crippen LogP contribution in [0, 0.1) is 5.92 Å². The normalized spacial score (nSPS) is 21.4. The van der Waals surface area contributed by atoms with Crippen molar-refractivity contribution in [2.24, 2.45) is 5.92 Å². The number of aliphatic hydroxyl groups excluding tert-OH is 2. The van der Waals surface area contributed by atoms with E-state index in [2.05, 4.69) is 78.2 Å². The first-order chi connectivity index (χ1) is 19.7. The van der Waals surface area contributed by atoms with Crippen LogP contribution < -0.4 is 0 Å². The summed E-state index contributed by atoms with van der Waals surface area (Å²) >= 11 is 2.02. The number of thioether (sulfide) groups is 1. The van der Waals surface area contributed by atoms with E-state index in [4.69, 9.17) is 20.4 Å². The number of carboxylic acid groups (broad SMARTS) is 2. The van der Waals surface area contributed by atoms with Crippen molar-refractivity contribution in [3.8, 4) is 0 Å². The van der Waals surface area contributed by atoms with E-state index in [0.29, 0.717) is 12.0 Å². The average Bonchev–Trinajstić information content (AvgIpc) is 3.31. The lowest BCUT2D eigenvalue weighted by Gasteiger charge is -2.47. The van der Waals surface area contributed by atoms with Gasteiger partial charge in [0, 0.05) is 42.1 Å². The molecule has 41 heavy (non-hydrogen) atoms. The first kappa shape index (κ1) is 31.1. The monoisotopic (exact) mass is 582 g/mol. The Bertz CT molecular complexity index is 1340. The highest BCUT2D eigenvalue weighted by Gasteiger charge is 2.40. The minimum absolute atomic E-state index is 0.676. The van der Waals surface area contributed by atoms with Gasteiger partial charge in [0.1, 0.15) is 0 Å². The molecule has 1 aliphatic carbocycles. The third-order valence-electron chi connectivity index (χ3n) is 8.42. The molecular formula is C32H42N2O6S. The molecule has 1 aliphatic heterocycles. The summed E-state index contributed by atoms with van der Waals surface area (Å²) in [5, 5.41) is 34.1. The fourth-order valence-electron chi connectivity index (χ4n) is 6.62. The van der Waals surface area contributed by atoms with Crippen LogP contribution in [0.1, 0.15) is 54.9 Å². The molecule has 0 bridgehead atoms. The van der Waals surface area contributed by atoms with Gasteiger partial charge in [0.2, 0.25) is 0 Å². The molecule has 1 aromatic heterocycles. The fraction of sp³-hybridized carbons (Fsp3) is 0.500. The average molecular weight is 583 g/mol. The molecule has 2 heterocycles. The van der Waals surface area contributed by atoms with Gasteiger partial charge in [-0.2, -0.15) is 11.8 Å². The van der Waals surface area contributed by atoms with Gasteiger partial charge in [-0.15, -0.1) is 0 Å². The second-order valence-electron chi connectivity index (χ2n) is 11.1. The molecule has 5 rings (SSSR count). The van der Waals surface area contributed by atoms with Crippen molar-refractivity contribution in [1.29, 1.82) is 0 Å². The van der Waals surface area contributed by atoms with Gasteiger partial charge < -0.3 is 25.0 Å². The van der Waals surface area contributed by atoms with Crippen LogP contribution in [-0.4, -0.2) is 85.2 Å². The van der Waals surface area contributed by atoms with Crippen molar-refractivity contribution in [2.75, 3.05) is 25.1 Å². The maximum Gasteiger partial charge on any atom is 0.335 e. The number of aliphatic carboxylic acids is 2. The van der Waals surface area contributed by atoms with Crippen LogP contribution in [0.25, 0.3) is 10.9 Å². The molecule has 9 heteroatoms. The van der Waals surface area contributed by atoms with E-state index >= 15 is 0 Å². The summed E-state index contributed by atoms with van der Waals surface area (Å²) in [5.74, 6) is -0.739. The number of aromatic nitrogens is 1. The number of hydrogen-bond acceptors (Lipinski definition) is 6. The van der Waals surface area contributed by atoms with Crippen LogP contribution in [0.15, 0.2) is 48.7 Å². The van der Waals surface area contributed by atoms with Crippen molar-refractivity contribution in [3.63, 3.8) is 0 Å². The van der Waals surface area contributed by atoms with Crippen LogP contribution in [0.5, 0.6) is 0 Å². The summed E-state index contributed by atoms with van der Waals surface area (Å²) in [6.07, 6.45) is 5.14. The molecule has 0 radical (unpaired) electrons. The zero-order valence-corrected chi connectivity index (χ0v) is 24.9. The third-order valence-corrected chi connectivity index (χ3v) is 9.22. The minimum Gasteiger partial charge on any atom is -0.479 e. The van der Waals surface area contributed by atoms with E-state index in [1.807, 2.05) is 11.8 Å². The first-order valence-electron chi connectivity index (χ1n) is 14.4. The Morgan fingerprint density at radius 3 is 2.29 bits per heavy atom. The highest BCUT2D eigenvalue weighted by molar-refractivity contribution is 7.98. The van der Waals surface area contributed by atoms with Gasteiger partial charge in [-0.1, -0.05) is 50.2 Å². The van der Waals surface area contributed by atoms with E-state index in [0.717, 1.165) is 18.9 Å². The number of carboxylic acids is 2. The number of piperidine rings is 1. The Hall–Kier alpha value is -2.85. The summed E-state index contributed by atoms with van der Waals surface area (Å²) in [7, 11) is 0. The van der Waals surface area contributed by atoms with Gasteiger partial charge in [-0.05, 0) is 78.5 Å². The zero-order valence-electron chi connectivity index (χ0n) is 24.1. The van der Waals surface area contributed by atoms with Gasteiger partial charge in [0.15, 0.2) is 12.2 Å². The fourth-order valence-corrected chi connectivity index (χ4v) is 7.33. The molecule has 0 spiro atoms. The summed E-state index contributed by atoms with van der Waals surface area (Å²) in [6.45, 7) is 8.10. The Morgan fingerprint density at radius 1 is 1.00 bits per heavy atom. The largest absolute Gasteiger partial charge is 0.479 e. The molecule has 3 aromatic rings. The Balaban J connectivity index is 0.000000334. The molecule has 2 unspecified atom stereocenters. The Labute approximate surface area is 246 Å². The number of aliphatic hydroxyl groups is 2. The van der Waals surface area contributed by atoms with Gasteiger partial charge >= 0.3 is 11.9 Å². The van der Waals surface area contributed by atoms with Gasteiger partial charge in [-0.25, -0.2) is 9.59 Å². The molecule has 0 amide bonds. The molecule has 222 valence electrons. The summed E-state index contributed by atoms with van der Waals surface area (Å²) in [4.78, 5) is 22.4. The van der Waals surface area contributed by atoms with Crippen molar-refractivity contribution >= 4 is 34.6 Å². The van der Waals surface area contributed by atoms with Gasteiger partial charge in [0.05, 0.1) is 0 Å². The maximum absolute atomic E-state index is 9.77. The predicted octanol–water partition coefficient (Wildman–Crippen LogP) is 4.23. The Kier molecular flexibility index (Phi) is 10.5. The Morgan fingerprint density at radius 2 is 1.68 bits per heavy atom. The van der Waals surface area contributed by atoms with Crippen LogP contribution in [-0.2, 0) is 29.0 Å². The van der Waals surface area contributed by atoms with Crippen molar-refractivity contribution in [3.05, 3.63) is 70.9 Å². The number of likely N-dealkylation sites (tertiary alicyclic amines) is 1. The molecule has 8 nitrogen and oxygen atoms in total. The quantitative estimate of drug-likeness (QED) is 0.280. The summed E-state index contributed by atoms with van der Waals surface area (Å²) in [5.41, 5.74) is 7.57.